The zero-order valence-corrected chi connectivity index (χ0v) is 14.5. The van der Waals surface area contributed by atoms with Crippen LogP contribution < -0.4 is 14.8 Å². The van der Waals surface area contributed by atoms with Gasteiger partial charge in [-0.3, -0.25) is 4.79 Å². The van der Waals surface area contributed by atoms with E-state index in [1.54, 1.807) is 6.07 Å². The van der Waals surface area contributed by atoms with E-state index in [9.17, 15) is 23.2 Å². The van der Waals surface area contributed by atoms with E-state index in [1.165, 1.54) is 12.3 Å². The van der Waals surface area contributed by atoms with Crippen LogP contribution in [0.3, 0.4) is 0 Å². The standard InChI is InChI=1S/C19H14F3N3O3/c1-2-16(26)24-10-12-7-14(18-13(5-6-27-18)15(12)8-23)11-3-4-17(25-9-11)28-19(20,21)22/h2-4,7,9H,1,5-6,10H2,(H,24,26). The van der Waals surface area contributed by atoms with E-state index in [-0.39, 0.29) is 6.54 Å². The highest BCUT2D eigenvalue weighted by Crippen LogP contribution is 2.40. The monoisotopic (exact) mass is 389 g/mol. The topological polar surface area (TPSA) is 84.2 Å². The average molecular weight is 389 g/mol. The summed E-state index contributed by atoms with van der Waals surface area (Å²) >= 11 is 0. The molecule has 3 rings (SSSR count). The van der Waals surface area contributed by atoms with Gasteiger partial charge in [-0.25, -0.2) is 4.98 Å². The molecule has 2 heterocycles. The Labute approximate surface area is 158 Å². The number of aromatic nitrogens is 1. The van der Waals surface area contributed by atoms with Crippen molar-refractivity contribution in [2.75, 3.05) is 6.61 Å². The van der Waals surface area contributed by atoms with E-state index in [1.807, 2.05) is 0 Å². The normalized spacial score (nSPS) is 12.5. The highest BCUT2D eigenvalue weighted by Gasteiger charge is 2.32. The third kappa shape index (κ3) is 4.06. The van der Waals surface area contributed by atoms with Crippen LogP contribution in [0.4, 0.5) is 13.2 Å². The van der Waals surface area contributed by atoms with Crippen molar-refractivity contribution in [3.63, 3.8) is 0 Å². The van der Waals surface area contributed by atoms with Crippen LogP contribution in [-0.4, -0.2) is 23.9 Å². The molecule has 6 nitrogen and oxygen atoms in total. The van der Waals surface area contributed by atoms with Crippen LogP contribution in [0, 0.1) is 11.3 Å². The number of pyridine rings is 1. The van der Waals surface area contributed by atoms with Crippen LogP contribution >= 0.6 is 0 Å². The van der Waals surface area contributed by atoms with Gasteiger partial charge in [0.2, 0.25) is 11.8 Å². The summed E-state index contributed by atoms with van der Waals surface area (Å²) in [7, 11) is 0. The summed E-state index contributed by atoms with van der Waals surface area (Å²) in [5, 5.41) is 12.2. The summed E-state index contributed by atoms with van der Waals surface area (Å²) in [5.74, 6) is -0.486. The molecular weight excluding hydrogens is 375 g/mol. The largest absolute Gasteiger partial charge is 0.574 e. The predicted octanol–water partition coefficient (Wildman–Crippen LogP) is 3.26. The Morgan fingerprint density at radius 1 is 1.46 bits per heavy atom. The third-order valence-corrected chi connectivity index (χ3v) is 4.08. The molecule has 1 aromatic heterocycles. The number of hydrogen-bond acceptors (Lipinski definition) is 5. The van der Waals surface area contributed by atoms with Crippen LogP contribution in [0.25, 0.3) is 11.1 Å². The van der Waals surface area contributed by atoms with E-state index in [0.29, 0.717) is 46.6 Å². The minimum absolute atomic E-state index is 0.0940. The third-order valence-electron chi connectivity index (χ3n) is 4.08. The number of carbonyl (C=O) groups excluding carboxylic acids is 1. The van der Waals surface area contributed by atoms with Crippen LogP contribution in [0.5, 0.6) is 11.6 Å². The number of alkyl halides is 3. The van der Waals surface area contributed by atoms with Crippen molar-refractivity contribution in [1.29, 1.82) is 5.26 Å². The number of benzene rings is 1. The zero-order chi connectivity index (χ0) is 20.3. The SMILES string of the molecule is C=CC(=O)NCc1cc(-c2ccc(OC(F)(F)F)nc2)c2c(c1C#N)CCO2. The van der Waals surface area contributed by atoms with Gasteiger partial charge < -0.3 is 14.8 Å². The number of halogens is 3. The highest BCUT2D eigenvalue weighted by molar-refractivity contribution is 5.87. The Bertz CT molecular complexity index is 964. The van der Waals surface area contributed by atoms with Crippen LogP contribution in [0.1, 0.15) is 16.7 Å². The van der Waals surface area contributed by atoms with Gasteiger partial charge in [-0.15, -0.1) is 13.2 Å². The number of nitriles is 1. The van der Waals surface area contributed by atoms with Crippen molar-refractivity contribution in [1.82, 2.24) is 10.3 Å². The molecule has 9 heteroatoms. The van der Waals surface area contributed by atoms with E-state index in [0.717, 1.165) is 12.1 Å². The summed E-state index contributed by atoms with van der Waals surface area (Å²) in [6, 6.07) is 6.31. The first-order chi connectivity index (χ1) is 13.3. The number of amides is 1. The Morgan fingerprint density at radius 2 is 2.25 bits per heavy atom. The number of fused-ring (bicyclic) bond motifs is 1. The van der Waals surface area contributed by atoms with Crippen molar-refractivity contribution in [2.24, 2.45) is 0 Å². The van der Waals surface area contributed by atoms with Gasteiger partial charge in [-0.1, -0.05) is 6.58 Å². The molecule has 0 atom stereocenters. The molecule has 1 amide bonds. The lowest BCUT2D eigenvalue weighted by Gasteiger charge is -2.14. The fourth-order valence-electron chi connectivity index (χ4n) is 2.91. The summed E-state index contributed by atoms with van der Waals surface area (Å²) in [4.78, 5) is 15.2. The van der Waals surface area contributed by atoms with E-state index < -0.39 is 18.1 Å². The summed E-state index contributed by atoms with van der Waals surface area (Å²) in [6.45, 7) is 3.85. The van der Waals surface area contributed by atoms with Crippen molar-refractivity contribution in [3.8, 4) is 28.8 Å². The Hall–Kier alpha value is -3.54. The maximum atomic E-state index is 12.3. The molecule has 0 saturated heterocycles. The minimum Gasteiger partial charge on any atom is -0.492 e. The molecular formula is C19H14F3N3O3. The molecule has 0 bridgehead atoms. The van der Waals surface area contributed by atoms with Gasteiger partial charge in [0.05, 0.1) is 18.2 Å². The maximum absolute atomic E-state index is 12.3. The summed E-state index contributed by atoms with van der Waals surface area (Å²) in [6.07, 6.45) is -1.97. The molecule has 0 spiro atoms. The van der Waals surface area contributed by atoms with Crippen molar-refractivity contribution in [3.05, 3.63) is 53.7 Å². The molecule has 0 aliphatic carbocycles. The van der Waals surface area contributed by atoms with Crippen LogP contribution in [-0.2, 0) is 17.8 Å². The lowest BCUT2D eigenvalue weighted by molar-refractivity contribution is -0.276. The lowest BCUT2D eigenvalue weighted by atomic mass is 9.93. The fraction of sp³-hybridized carbons (Fsp3) is 0.211. The van der Waals surface area contributed by atoms with E-state index >= 15 is 0 Å². The van der Waals surface area contributed by atoms with Gasteiger partial charge >= 0.3 is 6.36 Å². The number of ether oxygens (including phenoxy) is 2. The molecule has 2 aromatic rings. The number of carbonyl (C=O) groups is 1. The predicted molar refractivity (Wildman–Crippen MR) is 92.3 cm³/mol. The second kappa shape index (κ2) is 7.60. The highest BCUT2D eigenvalue weighted by atomic mass is 19.4. The van der Waals surface area contributed by atoms with E-state index in [2.05, 4.69) is 27.7 Å². The molecule has 1 aromatic carbocycles. The second-order valence-electron chi connectivity index (χ2n) is 5.83. The molecule has 1 aliphatic heterocycles. The molecule has 28 heavy (non-hydrogen) atoms. The zero-order valence-electron chi connectivity index (χ0n) is 14.5. The first kappa shape index (κ1) is 19.2. The Morgan fingerprint density at radius 3 is 2.86 bits per heavy atom. The molecule has 0 fully saturated rings. The molecule has 0 saturated carbocycles. The number of nitrogens with zero attached hydrogens (tertiary/aromatic N) is 2. The summed E-state index contributed by atoms with van der Waals surface area (Å²) in [5.41, 5.74) is 2.73. The first-order valence-electron chi connectivity index (χ1n) is 8.16. The number of rotatable bonds is 5. The molecule has 144 valence electrons. The molecule has 0 unspecified atom stereocenters. The van der Waals surface area contributed by atoms with Gasteiger partial charge in [0, 0.05) is 41.9 Å². The van der Waals surface area contributed by atoms with E-state index in [4.69, 9.17) is 4.74 Å². The maximum Gasteiger partial charge on any atom is 0.574 e. The fourth-order valence-corrected chi connectivity index (χ4v) is 2.91. The van der Waals surface area contributed by atoms with Gasteiger partial charge in [0.1, 0.15) is 5.75 Å². The van der Waals surface area contributed by atoms with Crippen LogP contribution in [0.15, 0.2) is 37.1 Å². The lowest BCUT2D eigenvalue weighted by Crippen LogP contribution is -2.21. The first-order valence-corrected chi connectivity index (χ1v) is 8.16. The van der Waals surface area contributed by atoms with Gasteiger partial charge in [-0.05, 0) is 23.8 Å². The van der Waals surface area contributed by atoms with Gasteiger partial charge in [0.25, 0.3) is 0 Å². The number of hydrogen-bond donors (Lipinski definition) is 1. The van der Waals surface area contributed by atoms with Crippen molar-refractivity contribution in [2.45, 2.75) is 19.3 Å². The number of nitrogens with one attached hydrogen (secondary N) is 1. The summed E-state index contributed by atoms with van der Waals surface area (Å²) < 4.78 is 46.3. The molecule has 0 radical (unpaired) electrons. The van der Waals surface area contributed by atoms with Gasteiger partial charge in [0.15, 0.2) is 0 Å². The van der Waals surface area contributed by atoms with Gasteiger partial charge in [-0.2, -0.15) is 5.26 Å². The Kier molecular flexibility index (Phi) is 5.22. The van der Waals surface area contributed by atoms with Crippen molar-refractivity contribution >= 4 is 5.91 Å². The minimum atomic E-state index is -4.83. The van der Waals surface area contributed by atoms with Crippen LogP contribution in [0.2, 0.25) is 0 Å². The smallest absolute Gasteiger partial charge is 0.492 e. The average Bonchev–Trinajstić information content (AvgIpc) is 3.14. The quantitative estimate of drug-likeness (QED) is 0.794. The molecule has 1 aliphatic rings. The Balaban J connectivity index is 2.01. The second-order valence-corrected chi connectivity index (χ2v) is 5.83. The molecule has 1 N–H and O–H groups in total. The van der Waals surface area contributed by atoms with Crippen molar-refractivity contribution < 1.29 is 27.4 Å².